The van der Waals surface area contributed by atoms with Gasteiger partial charge in [-0.15, -0.1) is 0 Å². The summed E-state index contributed by atoms with van der Waals surface area (Å²) in [6.45, 7) is 4.65. The van der Waals surface area contributed by atoms with Gasteiger partial charge in [-0.05, 0) is 44.0 Å². The number of fused-ring (bicyclic) bond motifs is 1. The van der Waals surface area contributed by atoms with Gasteiger partial charge < -0.3 is 10.1 Å². The minimum absolute atomic E-state index is 0.0984. The number of carbonyl (C=O) groups is 2. The SMILES string of the molecule is Cc1cc(C(=O)OCC(=O)Nc2c([N+](=O)[O-])ccc(C)c2C)c2ccccc2n1. The van der Waals surface area contributed by atoms with E-state index in [9.17, 15) is 19.7 Å². The molecule has 0 saturated carbocycles. The highest BCUT2D eigenvalue weighted by Crippen LogP contribution is 2.30. The first kappa shape index (κ1) is 19.9. The molecule has 3 rings (SSSR count). The lowest BCUT2D eigenvalue weighted by Gasteiger charge is -2.12. The first-order chi connectivity index (χ1) is 13.8. The summed E-state index contributed by atoms with van der Waals surface area (Å²) < 4.78 is 5.15. The number of aryl methyl sites for hydroxylation is 2. The highest BCUT2D eigenvalue weighted by Gasteiger charge is 2.21. The Labute approximate surface area is 166 Å². The van der Waals surface area contributed by atoms with Gasteiger partial charge in [-0.3, -0.25) is 19.9 Å². The molecule has 0 aliphatic carbocycles. The summed E-state index contributed by atoms with van der Waals surface area (Å²) in [6, 6.07) is 11.7. The maximum atomic E-state index is 12.5. The van der Waals surface area contributed by atoms with Crippen LogP contribution in [0, 0.1) is 30.9 Å². The fourth-order valence-electron chi connectivity index (χ4n) is 2.97. The maximum absolute atomic E-state index is 12.5. The Morgan fingerprint density at radius 3 is 2.59 bits per heavy atom. The van der Waals surface area contributed by atoms with Crippen LogP contribution in [0.25, 0.3) is 10.9 Å². The molecule has 0 spiro atoms. The molecule has 3 aromatic rings. The molecule has 1 aromatic heterocycles. The molecule has 29 heavy (non-hydrogen) atoms. The number of rotatable bonds is 5. The number of pyridine rings is 1. The number of benzene rings is 2. The molecule has 0 saturated heterocycles. The highest BCUT2D eigenvalue weighted by atomic mass is 16.6. The van der Waals surface area contributed by atoms with Gasteiger partial charge in [0, 0.05) is 17.1 Å². The summed E-state index contributed by atoms with van der Waals surface area (Å²) in [7, 11) is 0. The number of esters is 1. The second-order valence-corrected chi connectivity index (χ2v) is 6.61. The van der Waals surface area contributed by atoms with Crippen LogP contribution in [0.4, 0.5) is 11.4 Å². The number of nitrogens with zero attached hydrogens (tertiary/aromatic N) is 2. The standard InChI is InChI=1S/C21H19N3O5/c1-12-8-9-18(24(27)28)20(14(12)3)23-19(25)11-29-21(26)16-10-13(2)22-17-7-5-4-6-15(16)17/h4-10H,11H2,1-3H3,(H,23,25). The Hall–Kier alpha value is -3.81. The van der Waals surface area contributed by atoms with E-state index in [1.807, 2.05) is 6.07 Å². The molecule has 8 heteroatoms. The van der Waals surface area contributed by atoms with Crippen molar-refractivity contribution in [2.24, 2.45) is 0 Å². The van der Waals surface area contributed by atoms with E-state index in [1.54, 1.807) is 51.1 Å². The minimum Gasteiger partial charge on any atom is -0.452 e. The molecule has 0 aliphatic rings. The molecule has 0 radical (unpaired) electrons. The lowest BCUT2D eigenvalue weighted by Crippen LogP contribution is -2.22. The van der Waals surface area contributed by atoms with Gasteiger partial charge in [-0.1, -0.05) is 24.3 Å². The number of nitrogens with one attached hydrogen (secondary N) is 1. The van der Waals surface area contributed by atoms with Crippen LogP contribution < -0.4 is 5.32 Å². The van der Waals surface area contributed by atoms with Crippen LogP contribution in [0.15, 0.2) is 42.5 Å². The molecule has 2 aromatic carbocycles. The van der Waals surface area contributed by atoms with Gasteiger partial charge in [-0.2, -0.15) is 0 Å². The van der Waals surface area contributed by atoms with E-state index in [-0.39, 0.29) is 11.4 Å². The van der Waals surface area contributed by atoms with Gasteiger partial charge in [0.15, 0.2) is 6.61 Å². The molecule has 1 N–H and O–H groups in total. The van der Waals surface area contributed by atoms with Crippen LogP contribution in [0.5, 0.6) is 0 Å². The zero-order chi connectivity index (χ0) is 21.1. The second-order valence-electron chi connectivity index (χ2n) is 6.61. The van der Waals surface area contributed by atoms with E-state index in [4.69, 9.17) is 4.74 Å². The van der Waals surface area contributed by atoms with Crippen LogP contribution in [0.2, 0.25) is 0 Å². The first-order valence-electron chi connectivity index (χ1n) is 8.86. The van der Waals surface area contributed by atoms with Crippen molar-refractivity contribution in [1.82, 2.24) is 4.98 Å². The van der Waals surface area contributed by atoms with E-state index in [2.05, 4.69) is 10.3 Å². The van der Waals surface area contributed by atoms with Crippen molar-refractivity contribution in [3.63, 3.8) is 0 Å². The van der Waals surface area contributed by atoms with Crippen molar-refractivity contribution in [2.45, 2.75) is 20.8 Å². The molecular formula is C21H19N3O5. The van der Waals surface area contributed by atoms with Gasteiger partial charge in [0.2, 0.25) is 0 Å². The van der Waals surface area contributed by atoms with Gasteiger partial charge >= 0.3 is 5.97 Å². The van der Waals surface area contributed by atoms with Crippen molar-refractivity contribution in [3.05, 3.63) is 75.0 Å². The van der Waals surface area contributed by atoms with Crippen LogP contribution in [0.3, 0.4) is 0 Å². The van der Waals surface area contributed by atoms with Gasteiger partial charge in [0.25, 0.3) is 11.6 Å². The molecule has 0 unspecified atom stereocenters. The Morgan fingerprint density at radius 2 is 1.86 bits per heavy atom. The summed E-state index contributed by atoms with van der Waals surface area (Å²) >= 11 is 0. The number of hydrogen-bond donors (Lipinski definition) is 1. The van der Waals surface area contributed by atoms with Crippen LogP contribution in [-0.4, -0.2) is 28.4 Å². The third-order valence-corrected chi connectivity index (χ3v) is 4.57. The predicted molar refractivity (Wildman–Crippen MR) is 108 cm³/mol. The zero-order valence-electron chi connectivity index (χ0n) is 16.2. The number of amides is 1. The monoisotopic (exact) mass is 393 g/mol. The molecule has 8 nitrogen and oxygen atoms in total. The number of carbonyl (C=O) groups excluding carboxylic acids is 2. The zero-order valence-corrected chi connectivity index (χ0v) is 16.2. The highest BCUT2D eigenvalue weighted by molar-refractivity contribution is 6.04. The maximum Gasteiger partial charge on any atom is 0.339 e. The summed E-state index contributed by atoms with van der Waals surface area (Å²) in [5, 5.41) is 14.3. The third-order valence-electron chi connectivity index (χ3n) is 4.57. The topological polar surface area (TPSA) is 111 Å². The van der Waals surface area contributed by atoms with E-state index in [1.165, 1.54) is 6.07 Å². The molecule has 1 amide bonds. The fourth-order valence-corrected chi connectivity index (χ4v) is 2.97. The van der Waals surface area contributed by atoms with Crippen molar-refractivity contribution in [3.8, 4) is 0 Å². The lowest BCUT2D eigenvalue weighted by atomic mass is 10.1. The van der Waals surface area contributed by atoms with Crippen molar-refractivity contribution in [1.29, 1.82) is 0 Å². The smallest absolute Gasteiger partial charge is 0.339 e. The second kappa shape index (κ2) is 8.05. The molecule has 0 bridgehead atoms. The number of para-hydroxylation sites is 1. The van der Waals surface area contributed by atoms with Crippen LogP contribution in [-0.2, 0) is 9.53 Å². The number of hydrogen-bond acceptors (Lipinski definition) is 6. The Balaban J connectivity index is 1.77. The minimum atomic E-state index is -0.669. The molecule has 1 heterocycles. The van der Waals surface area contributed by atoms with Crippen LogP contribution in [0.1, 0.15) is 27.2 Å². The van der Waals surface area contributed by atoms with Crippen molar-refractivity contribution >= 4 is 34.2 Å². The van der Waals surface area contributed by atoms with E-state index in [0.29, 0.717) is 27.7 Å². The summed E-state index contributed by atoms with van der Waals surface area (Å²) in [5.74, 6) is -1.33. The Morgan fingerprint density at radius 1 is 1.14 bits per heavy atom. The molecule has 148 valence electrons. The van der Waals surface area contributed by atoms with Gasteiger partial charge in [0.1, 0.15) is 5.69 Å². The number of aromatic nitrogens is 1. The predicted octanol–water partition coefficient (Wildman–Crippen LogP) is 3.86. The average Bonchev–Trinajstić information content (AvgIpc) is 2.68. The average molecular weight is 393 g/mol. The van der Waals surface area contributed by atoms with E-state index >= 15 is 0 Å². The van der Waals surface area contributed by atoms with E-state index in [0.717, 1.165) is 5.56 Å². The number of nitro benzene ring substituents is 1. The molecule has 0 atom stereocenters. The third kappa shape index (κ3) is 4.21. The van der Waals surface area contributed by atoms with Crippen molar-refractivity contribution < 1.29 is 19.2 Å². The summed E-state index contributed by atoms with van der Waals surface area (Å²) in [4.78, 5) is 39.9. The number of anilines is 1. The largest absolute Gasteiger partial charge is 0.452 e. The summed E-state index contributed by atoms with van der Waals surface area (Å²) in [5.41, 5.74) is 2.85. The Bertz CT molecular complexity index is 1140. The fraction of sp³-hybridized carbons (Fsp3) is 0.190. The Kier molecular flexibility index (Phi) is 5.54. The quantitative estimate of drug-likeness (QED) is 0.400. The molecule has 0 fully saturated rings. The van der Waals surface area contributed by atoms with Gasteiger partial charge in [-0.25, -0.2) is 4.79 Å². The number of nitro groups is 1. The van der Waals surface area contributed by atoms with Crippen LogP contribution >= 0.6 is 0 Å². The van der Waals surface area contributed by atoms with E-state index < -0.39 is 23.4 Å². The normalized spacial score (nSPS) is 10.6. The van der Waals surface area contributed by atoms with Crippen molar-refractivity contribution in [2.75, 3.05) is 11.9 Å². The number of ether oxygens (including phenoxy) is 1. The lowest BCUT2D eigenvalue weighted by molar-refractivity contribution is -0.384. The van der Waals surface area contributed by atoms with Gasteiger partial charge in [0.05, 0.1) is 16.0 Å². The summed E-state index contributed by atoms with van der Waals surface area (Å²) in [6.07, 6.45) is 0. The molecule has 0 aliphatic heterocycles. The first-order valence-corrected chi connectivity index (χ1v) is 8.86. The molecular weight excluding hydrogens is 374 g/mol.